The van der Waals surface area contributed by atoms with Crippen LogP contribution in [0.25, 0.3) is 0 Å². The third-order valence-electron chi connectivity index (χ3n) is 4.10. The molecular formula is C18H19ClO2. The quantitative estimate of drug-likeness (QED) is 0.755. The lowest BCUT2D eigenvalue weighted by atomic mass is 9.86. The molecule has 3 rings (SSSR count). The number of rotatable bonds is 3. The molecule has 2 atom stereocenters. The van der Waals surface area contributed by atoms with Gasteiger partial charge in [0.05, 0.1) is 19.1 Å². The van der Waals surface area contributed by atoms with Crippen molar-refractivity contribution in [3.63, 3.8) is 0 Å². The summed E-state index contributed by atoms with van der Waals surface area (Å²) < 4.78 is 11.0. The molecule has 0 amide bonds. The van der Waals surface area contributed by atoms with Gasteiger partial charge in [-0.1, -0.05) is 30.3 Å². The molecule has 0 spiro atoms. The molecule has 0 bridgehead atoms. The van der Waals surface area contributed by atoms with Crippen molar-refractivity contribution in [3.8, 4) is 11.5 Å². The van der Waals surface area contributed by atoms with Crippen LogP contribution in [-0.4, -0.2) is 13.7 Å². The summed E-state index contributed by atoms with van der Waals surface area (Å²) in [4.78, 5) is 0. The number of hydrogen-bond acceptors (Lipinski definition) is 2. The van der Waals surface area contributed by atoms with Crippen molar-refractivity contribution in [2.24, 2.45) is 0 Å². The first kappa shape index (κ1) is 14.3. The van der Waals surface area contributed by atoms with Crippen LogP contribution in [-0.2, 0) is 0 Å². The van der Waals surface area contributed by atoms with Gasteiger partial charge in [0.1, 0.15) is 11.5 Å². The van der Waals surface area contributed by atoms with E-state index in [4.69, 9.17) is 21.1 Å². The molecule has 0 saturated heterocycles. The Labute approximate surface area is 130 Å². The van der Waals surface area contributed by atoms with Crippen LogP contribution in [0.15, 0.2) is 42.5 Å². The molecule has 2 aromatic rings. The van der Waals surface area contributed by atoms with Crippen LogP contribution in [0, 0.1) is 6.92 Å². The average molecular weight is 303 g/mol. The molecular weight excluding hydrogens is 284 g/mol. The summed E-state index contributed by atoms with van der Waals surface area (Å²) >= 11 is 6.78. The number of ether oxygens (including phenoxy) is 2. The van der Waals surface area contributed by atoms with Gasteiger partial charge in [-0.25, -0.2) is 0 Å². The van der Waals surface area contributed by atoms with Crippen LogP contribution in [0.3, 0.4) is 0 Å². The first-order valence-electron chi connectivity index (χ1n) is 7.21. The fourth-order valence-electron chi connectivity index (χ4n) is 2.98. The number of alkyl halides is 1. The van der Waals surface area contributed by atoms with Crippen LogP contribution in [0.5, 0.6) is 11.5 Å². The van der Waals surface area contributed by atoms with E-state index in [2.05, 4.69) is 18.2 Å². The first-order chi connectivity index (χ1) is 10.2. The molecule has 0 radical (unpaired) electrons. The first-order valence-corrected chi connectivity index (χ1v) is 7.64. The van der Waals surface area contributed by atoms with Crippen molar-refractivity contribution in [2.45, 2.75) is 24.6 Å². The van der Waals surface area contributed by atoms with Gasteiger partial charge in [-0.05, 0) is 42.2 Å². The highest BCUT2D eigenvalue weighted by atomic mass is 35.5. The van der Waals surface area contributed by atoms with Crippen molar-refractivity contribution in [2.75, 3.05) is 13.7 Å². The van der Waals surface area contributed by atoms with Gasteiger partial charge in [0, 0.05) is 5.92 Å². The lowest BCUT2D eigenvalue weighted by Crippen LogP contribution is -2.17. The van der Waals surface area contributed by atoms with Crippen molar-refractivity contribution >= 4 is 11.6 Å². The maximum absolute atomic E-state index is 6.78. The monoisotopic (exact) mass is 302 g/mol. The Balaban J connectivity index is 1.92. The van der Waals surface area contributed by atoms with Gasteiger partial charge in [-0.3, -0.25) is 0 Å². The Morgan fingerprint density at radius 2 is 2.05 bits per heavy atom. The lowest BCUT2D eigenvalue weighted by Gasteiger charge is -2.29. The van der Waals surface area contributed by atoms with Crippen LogP contribution < -0.4 is 9.47 Å². The molecule has 2 unspecified atom stereocenters. The summed E-state index contributed by atoms with van der Waals surface area (Å²) in [6, 6.07) is 14.3. The highest BCUT2D eigenvalue weighted by Gasteiger charge is 2.28. The lowest BCUT2D eigenvalue weighted by molar-refractivity contribution is 0.265. The van der Waals surface area contributed by atoms with E-state index in [0.717, 1.165) is 35.7 Å². The highest BCUT2D eigenvalue weighted by Crippen LogP contribution is 2.45. The van der Waals surface area contributed by atoms with E-state index < -0.39 is 0 Å². The molecule has 2 aromatic carbocycles. The Morgan fingerprint density at radius 3 is 2.81 bits per heavy atom. The number of methoxy groups -OCH3 is 1. The van der Waals surface area contributed by atoms with Gasteiger partial charge in [-0.2, -0.15) is 0 Å². The van der Waals surface area contributed by atoms with Gasteiger partial charge in [0.2, 0.25) is 0 Å². The molecule has 110 valence electrons. The van der Waals surface area contributed by atoms with E-state index in [1.807, 2.05) is 31.2 Å². The van der Waals surface area contributed by atoms with E-state index in [1.54, 1.807) is 7.11 Å². The zero-order valence-electron chi connectivity index (χ0n) is 12.3. The SMILES string of the molecule is COc1ccc(C(Cl)C2CCOc3ccccc32)cc1C. The number of halogens is 1. The summed E-state index contributed by atoms with van der Waals surface area (Å²) in [5.41, 5.74) is 3.45. The second-order valence-corrected chi connectivity index (χ2v) is 5.88. The zero-order valence-corrected chi connectivity index (χ0v) is 13.1. The van der Waals surface area contributed by atoms with Gasteiger partial charge < -0.3 is 9.47 Å². The van der Waals surface area contributed by atoms with Crippen LogP contribution >= 0.6 is 11.6 Å². The minimum atomic E-state index is -0.0559. The van der Waals surface area contributed by atoms with E-state index >= 15 is 0 Å². The Kier molecular flexibility index (Phi) is 4.07. The van der Waals surface area contributed by atoms with Crippen molar-refractivity contribution in [1.82, 2.24) is 0 Å². The molecule has 1 heterocycles. The maximum Gasteiger partial charge on any atom is 0.122 e. The molecule has 0 aliphatic carbocycles. The molecule has 0 fully saturated rings. The number of hydrogen-bond donors (Lipinski definition) is 0. The average Bonchev–Trinajstić information content (AvgIpc) is 2.53. The standard InChI is InChI=1S/C18H19ClO2/c1-12-11-13(7-8-16(12)20-2)18(19)15-9-10-21-17-6-4-3-5-14(15)17/h3-8,11,15,18H,9-10H2,1-2H3. The molecule has 0 N–H and O–H groups in total. The Hall–Kier alpha value is -1.67. The topological polar surface area (TPSA) is 18.5 Å². The predicted octanol–water partition coefficient (Wildman–Crippen LogP) is 4.85. The molecule has 1 aliphatic rings. The maximum atomic E-state index is 6.78. The fourth-order valence-corrected chi connectivity index (χ4v) is 3.38. The van der Waals surface area contributed by atoms with Crippen molar-refractivity contribution in [1.29, 1.82) is 0 Å². The second kappa shape index (κ2) is 5.98. The molecule has 2 nitrogen and oxygen atoms in total. The zero-order chi connectivity index (χ0) is 14.8. The summed E-state index contributed by atoms with van der Waals surface area (Å²) in [6.45, 7) is 2.77. The van der Waals surface area contributed by atoms with Gasteiger partial charge >= 0.3 is 0 Å². The normalized spacial score (nSPS) is 18.5. The fraction of sp³-hybridized carbons (Fsp3) is 0.333. The molecule has 0 saturated carbocycles. The molecule has 1 aliphatic heterocycles. The minimum absolute atomic E-state index is 0.0559. The third-order valence-corrected chi connectivity index (χ3v) is 4.65. The summed E-state index contributed by atoms with van der Waals surface area (Å²) in [5, 5.41) is -0.0559. The third kappa shape index (κ3) is 2.73. The van der Waals surface area contributed by atoms with Gasteiger partial charge in [0.25, 0.3) is 0 Å². The summed E-state index contributed by atoms with van der Waals surface area (Å²) in [7, 11) is 1.69. The number of para-hydroxylation sites is 1. The highest BCUT2D eigenvalue weighted by molar-refractivity contribution is 6.21. The van der Waals surface area contributed by atoms with E-state index in [0.29, 0.717) is 0 Å². The molecule has 21 heavy (non-hydrogen) atoms. The summed E-state index contributed by atoms with van der Waals surface area (Å²) in [5.74, 6) is 2.14. The molecule has 3 heteroatoms. The van der Waals surface area contributed by atoms with E-state index in [-0.39, 0.29) is 11.3 Å². The van der Waals surface area contributed by atoms with E-state index in [1.165, 1.54) is 5.56 Å². The Morgan fingerprint density at radius 1 is 1.24 bits per heavy atom. The predicted molar refractivity (Wildman–Crippen MR) is 85.6 cm³/mol. The van der Waals surface area contributed by atoms with Gasteiger partial charge in [-0.15, -0.1) is 11.6 Å². The van der Waals surface area contributed by atoms with Crippen LogP contribution in [0.2, 0.25) is 0 Å². The second-order valence-electron chi connectivity index (χ2n) is 5.41. The number of fused-ring (bicyclic) bond motifs is 1. The van der Waals surface area contributed by atoms with Crippen molar-refractivity contribution in [3.05, 3.63) is 59.2 Å². The number of aryl methyl sites for hydroxylation is 1. The van der Waals surface area contributed by atoms with Crippen molar-refractivity contribution < 1.29 is 9.47 Å². The van der Waals surface area contributed by atoms with Gasteiger partial charge in [0.15, 0.2) is 0 Å². The summed E-state index contributed by atoms with van der Waals surface area (Å²) in [6.07, 6.45) is 0.941. The van der Waals surface area contributed by atoms with Crippen LogP contribution in [0.1, 0.15) is 34.4 Å². The Bertz CT molecular complexity index is 639. The number of benzene rings is 2. The van der Waals surface area contributed by atoms with Crippen LogP contribution in [0.4, 0.5) is 0 Å². The minimum Gasteiger partial charge on any atom is -0.496 e. The smallest absolute Gasteiger partial charge is 0.122 e. The van der Waals surface area contributed by atoms with E-state index in [9.17, 15) is 0 Å². The molecule has 0 aromatic heterocycles. The largest absolute Gasteiger partial charge is 0.496 e.